The monoisotopic (exact) mass is 487 g/mol. The molecule has 0 aliphatic carbocycles. The van der Waals surface area contributed by atoms with Crippen LogP contribution in [0, 0.1) is 0 Å². The van der Waals surface area contributed by atoms with Crippen molar-refractivity contribution < 1.29 is 31.9 Å². The van der Waals surface area contributed by atoms with Crippen LogP contribution >= 0.6 is 11.8 Å². The maximum Gasteiger partial charge on any atom is 0.338 e. The van der Waals surface area contributed by atoms with Gasteiger partial charge in [-0.1, -0.05) is 60.3 Å². The Morgan fingerprint density at radius 3 is 2.39 bits per heavy atom. The Balaban J connectivity index is 0.00000306. The first-order valence-electron chi connectivity index (χ1n) is 11.0. The number of halogens is 1. The van der Waals surface area contributed by atoms with Crippen LogP contribution in [0.5, 0.6) is 0 Å². The van der Waals surface area contributed by atoms with Crippen molar-refractivity contribution in [1.82, 2.24) is 4.90 Å². The summed E-state index contributed by atoms with van der Waals surface area (Å²) < 4.78 is 5.42. The van der Waals surface area contributed by atoms with Gasteiger partial charge >= 0.3 is 5.97 Å². The Labute approximate surface area is 205 Å². The number of aliphatic imine (C=N–C) groups is 1. The maximum absolute atomic E-state index is 13.1. The van der Waals surface area contributed by atoms with Crippen LogP contribution in [0.4, 0.5) is 5.69 Å². The number of carbonyl (C=O) groups excluding carboxylic acids is 1. The number of rotatable bonds is 6. The number of quaternary nitrogens is 1. The summed E-state index contributed by atoms with van der Waals surface area (Å²) in [5.74, 6) is -1.27. The molecule has 176 valence electrons. The van der Waals surface area contributed by atoms with Crippen LogP contribution in [-0.2, 0) is 9.53 Å². The molecule has 0 radical (unpaired) electrons. The summed E-state index contributed by atoms with van der Waals surface area (Å²) in [5.41, 5.74) is 3.01. The van der Waals surface area contributed by atoms with Crippen LogP contribution in [-0.4, -0.2) is 45.4 Å². The number of esters is 1. The highest BCUT2D eigenvalue weighted by molar-refractivity contribution is 8.14. The lowest BCUT2D eigenvalue weighted by Gasteiger charge is -2.45. The maximum atomic E-state index is 13.1. The predicted molar refractivity (Wildman–Crippen MR) is 127 cm³/mol. The molecule has 0 amide bonds. The number of nitrogens with zero attached hydrogens (tertiary/aromatic N) is 2. The highest BCUT2D eigenvalue weighted by atomic mass is 35.5. The lowest BCUT2D eigenvalue weighted by molar-refractivity contribution is -0.950. The highest BCUT2D eigenvalue weighted by Gasteiger charge is 2.59. The van der Waals surface area contributed by atoms with Crippen molar-refractivity contribution in [2.75, 3.05) is 12.4 Å². The topological polar surface area (TPSA) is 66.6 Å². The Hall–Kier alpha value is -2.32. The second-order valence-corrected chi connectivity index (χ2v) is 9.28. The molecule has 2 aromatic carbocycles. The first kappa shape index (κ1) is 25.3. The van der Waals surface area contributed by atoms with Gasteiger partial charge in [-0.15, -0.1) is 0 Å². The summed E-state index contributed by atoms with van der Waals surface area (Å²) in [6.45, 7) is 8.10. The lowest BCUT2D eigenvalue weighted by Crippen LogP contribution is -3.21. The second-order valence-electron chi connectivity index (χ2n) is 8.34. The van der Waals surface area contributed by atoms with Crippen LogP contribution in [0.25, 0.3) is 0 Å². The van der Waals surface area contributed by atoms with E-state index in [1.54, 1.807) is 6.92 Å². The van der Waals surface area contributed by atoms with Crippen molar-refractivity contribution in [3.8, 4) is 0 Å². The number of aliphatic hydroxyl groups is 1. The van der Waals surface area contributed by atoms with E-state index in [9.17, 15) is 9.90 Å². The number of carbonyl (C=O) groups is 1. The minimum absolute atomic E-state index is 0. The molecule has 0 bridgehead atoms. The SMILES string of the molecule is CCOC(=O)C1=C(C)N=C2SCC(O)([NH+](c3ccccc3)C(C)C)N2C1c1ccccc1.[Cl-]. The number of benzene rings is 2. The first-order valence-corrected chi connectivity index (χ1v) is 12.0. The fourth-order valence-corrected chi connectivity index (χ4v) is 5.90. The van der Waals surface area contributed by atoms with E-state index >= 15 is 0 Å². The standard InChI is InChI=1S/C25H29N3O3S.ClH/c1-5-31-23(29)21-18(4)26-24-28(22(21)19-12-8-6-9-13-19)25(30,16-32-24)27(17(2)3)20-14-10-7-11-15-20;/h6-15,17,22,30H,5,16H2,1-4H3;1H. The Bertz CT molecular complexity index is 1050. The third-order valence-corrected chi connectivity index (χ3v) is 6.99. The number of hydrogen-bond acceptors (Lipinski definition) is 6. The van der Waals surface area contributed by atoms with Crippen molar-refractivity contribution in [3.05, 3.63) is 77.5 Å². The van der Waals surface area contributed by atoms with E-state index in [1.165, 1.54) is 11.8 Å². The number of fused-ring (bicyclic) bond motifs is 1. The molecule has 3 atom stereocenters. The van der Waals surface area contributed by atoms with Gasteiger partial charge in [0.05, 0.1) is 30.0 Å². The van der Waals surface area contributed by atoms with Gasteiger partial charge in [0.2, 0.25) is 0 Å². The molecule has 33 heavy (non-hydrogen) atoms. The van der Waals surface area contributed by atoms with E-state index in [2.05, 4.69) is 13.8 Å². The summed E-state index contributed by atoms with van der Waals surface area (Å²) in [6, 6.07) is 19.4. The normalized spacial score (nSPS) is 23.0. The van der Waals surface area contributed by atoms with Crippen LogP contribution in [0.2, 0.25) is 0 Å². The lowest BCUT2D eigenvalue weighted by atomic mass is 9.93. The van der Waals surface area contributed by atoms with Gasteiger partial charge < -0.3 is 22.3 Å². The van der Waals surface area contributed by atoms with Gasteiger partial charge in [-0.2, -0.15) is 0 Å². The zero-order valence-corrected chi connectivity index (χ0v) is 20.9. The predicted octanol–water partition coefficient (Wildman–Crippen LogP) is 0.258. The molecule has 2 aliphatic rings. The highest BCUT2D eigenvalue weighted by Crippen LogP contribution is 2.45. The van der Waals surface area contributed by atoms with E-state index < -0.39 is 17.9 Å². The average Bonchev–Trinajstić information content (AvgIpc) is 3.10. The van der Waals surface area contributed by atoms with E-state index in [4.69, 9.17) is 9.73 Å². The first-order chi connectivity index (χ1) is 15.4. The molecule has 2 aliphatic heterocycles. The average molecular weight is 488 g/mol. The Morgan fingerprint density at radius 1 is 1.21 bits per heavy atom. The summed E-state index contributed by atoms with van der Waals surface area (Å²) in [4.78, 5) is 20.7. The van der Waals surface area contributed by atoms with Crippen LogP contribution < -0.4 is 17.3 Å². The second kappa shape index (κ2) is 10.3. The number of thioether (sulfide) groups is 1. The number of nitrogens with one attached hydrogen (secondary N) is 1. The summed E-state index contributed by atoms with van der Waals surface area (Å²) in [5, 5.41) is 13.1. The van der Waals surface area contributed by atoms with Gasteiger partial charge in [0.25, 0.3) is 5.85 Å². The molecule has 1 saturated heterocycles. The van der Waals surface area contributed by atoms with Crippen molar-refractivity contribution in [3.63, 3.8) is 0 Å². The van der Waals surface area contributed by atoms with Gasteiger partial charge in [-0.05, 0) is 45.4 Å². The molecule has 6 nitrogen and oxygen atoms in total. The number of hydrogen-bond donors (Lipinski definition) is 2. The number of para-hydroxylation sites is 1. The molecule has 2 N–H and O–H groups in total. The fourth-order valence-electron chi connectivity index (χ4n) is 4.67. The summed E-state index contributed by atoms with van der Waals surface area (Å²) in [7, 11) is 0. The zero-order valence-electron chi connectivity index (χ0n) is 19.3. The van der Waals surface area contributed by atoms with Crippen molar-refractivity contribution in [2.45, 2.75) is 45.6 Å². The molecule has 3 unspecified atom stereocenters. The van der Waals surface area contributed by atoms with E-state index in [0.29, 0.717) is 17.0 Å². The number of ether oxygens (including phenoxy) is 1. The number of allylic oxidation sites excluding steroid dienone is 1. The van der Waals surface area contributed by atoms with Gasteiger partial charge in [0.1, 0.15) is 11.4 Å². The Morgan fingerprint density at radius 2 is 1.82 bits per heavy atom. The van der Waals surface area contributed by atoms with Crippen LogP contribution in [0.1, 0.15) is 39.3 Å². The van der Waals surface area contributed by atoms with Crippen LogP contribution in [0.15, 0.2) is 76.9 Å². The summed E-state index contributed by atoms with van der Waals surface area (Å²) in [6.07, 6.45) is 0. The minimum atomic E-state index is -1.31. The smallest absolute Gasteiger partial charge is 0.338 e. The van der Waals surface area contributed by atoms with E-state index in [0.717, 1.165) is 21.3 Å². The fraction of sp³-hybridized carbons (Fsp3) is 0.360. The zero-order chi connectivity index (χ0) is 22.9. The van der Waals surface area contributed by atoms with Crippen LogP contribution in [0.3, 0.4) is 0 Å². The van der Waals surface area contributed by atoms with Gasteiger partial charge in [-0.25, -0.2) is 9.79 Å². The summed E-state index contributed by atoms with van der Waals surface area (Å²) >= 11 is 1.52. The van der Waals surface area contributed by atoms with Gasteiger partial charge in [0.15, 0.2) is 5.17 Å². The van der Waals surface area contributed by atoms with Gasteiger partial charge in [-0.3, -0.25) is 9.80 Å². The largest absolute Gasteiger partial charge is 1.00 e. The molecular weight excluding hydrogens is 458 g/mol. The molecule has 0 spiro atoms. The van der Waals surface area contributed by atoms with Gasteiger partial charge in [0, 0.05) is 0 Å². The quantitative estimate of drug-likeness (QED) is 0.452. The van der Waals surface area contributed by atoms with Crippen molar-refractivity contribution in [2.24, 2.45) is 4.99 Å². The number of amidine groups is 1. The van der Waals surface area contributed by atoms with Crippen molar-refractivity contribution in [1.29, 1.82) is 0 Å². The van der Waals surface area contributed by atoms with E-state index in [1.807, 2.05) is 72.5 Å². The molecule has 0 saturated carbocycles. The third kappa shape index (κ3) is 4.55. The molecule has 4 rings (SSSR count). The Kier molecular flexibility index (Phi) is 7.90. The van der Waals surface area contributed by atoms with Crippen molar-refractivity contribution >= 4 is 28.6 Å². The third-order valence-electron chi connectivity index (χ3n) is 5.90. The minimum Gasteiger partial charge on any atom is -1.00 e. The molecule has 0 aromatic heterocycles. The molecule has 2 heterocycles. The molecule has 8 heteroatoms. The molecular formula is C25H30ClN3O3S. The molecule has 2 aromatic rings. The molecule has 1 fully saturated rings. The van der Waals surface area contributed by atoms with E-state index in [-0.39, 0.29) is 25.1 Å².